The van der Waals surface area contributed by atoms with Crippen LogP contribution in [-0.2, 0) is 19.1 Å². The molecule has 0 heterocycles. The van der Waals surface area contributed by atoms with E-state index in [0.29, 0.717) is 10.6 Å². The number of rotatable bonds is 6. The summed E-state index contributed by atoms with van der Waals surface area (Å²) in [5.74, 6) is -3.27. The van der Waals surface area contributed by atoms with Crippen LogP contribution in [0.2, 0.25) is 5.02 Å². The molecule has 5 nitrogen and oxygen atoms in total. The van der Waals surface area contributed by atoms with E-state index in [1.165, 1.54) is 6.08 Å². The molecule has 0 radical (unpaired) electrons. The molecule has 0 spiro atoms. The second-order valence-electron chi connectivity index (χ2n) is 5.33. The number of imide groups is 1. The predicted molar refractivity (Wildman–Crippen MR) is 99.5 cm³/mol. The van der Waals surface area contributed by atoms with Crippen molar-refractivity contribution in [3.05, 3.63) is 76.8 Å². The summed E-state index contributed by atoms with van der Waals surface area (Å²) in [7, 11) is 0. The van der Waals surface area contributed by atoms with Crippen molar-refractivity contribution in [3.63, 3.8) is 0 Å². The van der Waals surface area contributed by atoms with E-state index in [-0.39, 0.29) is 6.61 Å². The average Bonchev–Trinajstić information content (AvgIpc) is 2.62. The Morgan fingerprint density at radius 3 is 2.35 bits per heavy atom. The zero-order chi connectivity index (χ0) is 18.9. The molecule has 2 aromatic carbocycles. The van der Waals surface area contributed by atoms with E-state index in [1.807, 2.05) is 0 Å². The molecule has 0 saturated heterocycles. The number of hydrogen-bond donors (Lipinski definition) is 1. The Kier molecular flexibility index (Phi) is 7.12. The molecule has 134 valence electrons. The molecule has 0 aliphatic rings. The van der Waals surface area contributed by atoms with Crippen molar-refractivity contribution in [2.45, 2.75) is 12.8 Å². The van der Waals surface area contributed by atoms with Crippen LogP contribution in [0.5, 0.6) is 0 Å². The zero-order valence-electron chi connectivity index (χ0n) is 14.1. The van der Waals surface area contributed by atoms with Gasteiger partial charge in [0.1, 0.15) is 0 Å². The molecule has 6 heteroatoms. The molecule has 2 aromatic rings. The standard InChI is InChI=1S/C20H18ClNO4/c1-2-26-20(25)18(15-6-4-3-5-7-15)19(24)22-17(23)13-10-14-8-11-16(21)12-9-14/h3-13,18H,2H2,1H3,(H,22,23,24). The van der Waals surface area contributed by atoms with Gasteiger partial charge in [0.2, 0.25) is 5.91 Å². The van der Waals surface area contributed by atoms with Gasteiger partial charge in [-0.05, 0) is 36.3 Å². The van der Waals surface area contributed by atoms with Gasteiger partial charge in [0.05, 0.1) is 6.61 Å². The number of halogens is 1. The first kappa shape index (κ1) is 19.4. The molecule has 0 fully saturated rings. The fourth-order valence-corrected chi connectivity index (χ4v) is 2.37. The number of hydrogen-bond acceptors (Lipinski definition) is 4. The average molecular weight is 372 g/mol. The van der Waals surface area contributed by atoms with E-state index in [9.17, 15) is 14.4 Å². The lowest BCUT2D eigenvalue weighted by atomic mass is 9.98. The number of amides is 2. The van der Waals surface area contributed by atoms with Crippen LogP contribution in [0.3, 0.4) is 0 Å². The van der Waals surface area contributed by atoms with Crippen molar-refractivity contribution in [2.24, 2.45) is 0 Å². The van der Waals surface area contributed by atoms with Crippen molar-refractivity contribution in [1.29, 1.82) is 0 Å². The smallest absolute Gasteiger partial charge is 0.323 e. The van der Waals surface area contributed by atoms with Crippen LogP contribution in [0.1, 0.15) is 24.0 Å². The van der Waals surface area contributed by atoms with Crippen LogP contribution < -0.4 is 5.32 Å². The molecule has 1 N–H and O–H groups in total. The number of carbonyl (C=O) groups excluding carboxylic acids is 3. The lowest BCUT2D eigenvalue weighted by Crippen LogP contribution is -2.37. The quantitative estimate of drug-likeness (QED) is 0.480. The Bertz CT molecular complexity index is 800. The van der Waals surface area contributed by atoms with E-state index in [4.69, 9.17) is 16.3 Å². The molecule has 2 rings (SSSR count). The van der Waals surface area contributed by atoms with Gasteiger partial charge in [-0.3, -0.25) is 19.7 Å². The van der Waals surface area contributed by atoms with E-state index in [0.717, 1.165) is 5.56 Å². The monoisotopic (exact) mass is 371 g/mol. The van der Waals surface area contributed by atoms with Gasteiger partial charge in [-0.2, -0.15) is 0 Å². The molecule has 0 aliphatic heterocycles. The van der Waals surface area contributed by atoms with Crippen molar-refractivity contribution < 1.29 is 19.1 Å². The van der Waals surface area contributed by atoms with Crippen LogP contribution in [0.25, 0.3) is 6.08 Å². The molecule has 1 atom stereocenters. The Morgan fingerprint density at radius 2 is 1.73 bits per heavy atom. The second kappa shape index (κ2) is 9.53. The highest BCUT2D eigenvalue weighted by molar-refractivity contribution is 6.30. The second-order valence-corrected chi connectivity index (χ2v) is 5.77. The van der Waals surface area contributed by atoms with Gasteiger partial charge in [-0.1, -0.05) is 54.1 Å². The van der Waals surface area contributed by atoms with E-state index < -0.39 is 23.7 Å². The van der Waals surface area contributed by atoms with Crippen LogP contribution in [0.4, 0.5) is 0 Å². The number of ether oxygens (including phenoxy) is 1. The van der Waals surface area contributed by atoms with E-state index in [1.54, 1.807) is 67.6 Å². The Balaban J connectivity index is 2.09. The van der Waals surface area contributed by atoms with Crippen molar-refractivity contribution >= 4 is 35.5 Å². The molecule has 0 saturated carbocycles. The number of esters is 1. The van der Waals surface area contributed by atoms with Crippen LogP contribution in [-0.4, -0.2) is 24.4 Å². The number of carbonyl (C=O) groups is 3. The minimum absolute atomic E-state index is 0.139. The van der Waals surface area contributed by atoms with Gasteiger partial charge >= 0.3 is 5.97 Å². The third-order valence-corrected chi connectivity index (χ3v) is 3.71. The first-order chi connectivity index (χ1) is 12.5. The van der Waals surface area contributed by atoms with E-state index in [2.05, 4.69) is 5.32 Å². The Labute approximate surface area is 156 Å². The highest BCUT2D eigenvalue weighted by Crippen LogP contribution is 2.18. The number of benzene rings is 2. The van der Waals surface area contributed by atoms with E-state index >= 15 is 0 Å². The highest BCUT2D eigenvalue weighted by atomic mass is 35.5. The largest absolute Gasteiger partial charge is 0.465 e. The maximum absolute atomic E-state index is 12.4. The van der Waals surface area contributed by atoms with Crippen LogP contribution in [0.15, 0.2) is 60.7 Å². The fourth-order valence-electron chi connectivity index (χ4n) is 2.25. The summed E-state index contributed by atoms with van der Waals surface area (Å²) in [5, 5.41) is 2.79. The summed E-state index contributed by atoms with van der Waals surface area (Å²) >= 11 is 5.80. The summed E-state index contributed by atoms with van der Waals surface area (Å²) in [6.45, 7) is 1.79. The molecular weight excluding hydrogens is 354 g/mol. The molecule has 0 aromatic heterocycles. The van der Waals surface area contributed by atoms with Crippen LogP contribution >= 0.6 is 11.6 Å². The van der Waals surface area contributed by atoms with Gasteiger partial charge in [-0.25, -0.2) is 0 Å². The van der Waals surface area contributed by atoms with Gasteiger partial charge in [0.25, 0.3) is 5.91 Å². The molecule has 26 heavy (non-hydrogen) atoms. The number of nitrogens with one attached hydrogen (secondary N) is 1. The van der Waals surface area contributed by atoms with Gasteiger partial charge in [-0.15, -0.1) is 0 Å². The predicted octanol–water partition coefficient (Wildman–Crippen LogP) is 3.34. The Hall–Kier alpha value is -2.92. The first-order valence-corrected chi connectivity index (χ1v) is 8.39. The summed E-state index contributed by atoms with van der Waals surface area (Å²) in [4.78, 5) is 36.6. The summed E-state index contributed by atoms with van der Waals surface area (Å²) < 4.78 is 4.96. The lowest BCUT2D eigenvalue weighted by Gasteiger charge is -2.14. The Morgan fingerprint density at radius 1 is 1.08 bits per heavy atom. The topological polar surface area (TPSA) is 72.5 Å². The van der Waals surface area contributed by atoms with Crippen molar-refractivity contribution in [2.75, 3.05) is 6.61 Å². The SMILES string of the molecule is CCOC(=O)C(C(=O)NC(=O)C=Cc1ccc(Cl)cc1)c1ccccc1. The van der Waals surface area contributed by atoms with Crippen molar-refractivity contribution in [1.82, 2.24) is 5.32 Å². The third kappa shape index (κ3) is 5.57. The minimum Gasteiger partial charge on any atom is -0.465 e. The summed E-state index contributed by atoms with van der Waals surface area (Å²) in [6, 6.07) is 15.3. The molecule has 1 unspecified atom stereocenters. The van der Waals surface area contributed by atoms with Crippen molar-refractivity contribution in [3.8, 4) is 0 Å². The lowest BCUT2D eigenvalue weighted by molar-refractivity contribution is -0.148. The zero-order valence-corrected chi connectivity index (χ0v) is 14.9. The van der Waals surface area contributed by atoms with Gasteiger partial charge in [0.15, 0.2) is 5.92 Å². The fraction of sp³-hybridized carbons (Fsp3) is 0.150. The van der Waals surface area contributed by atoms with Gasteiger partial charge in [0, 0.05) is 11.1 Å². The van der Waals surface area contributed by atoms with Gasteiger partial charge < -0.3 is 4.74 Å². The normalized spacial score (nSPS) is 11.8. The first-order valence-electron chi connectivity index (χ1n) is 8.01. The maximum atomic E-state index is 12.4. The highest BCUT2D eigenvalue weighted by Gasteiger charge is 2.30. The van der Waals surface area contributed by atoms with Crippen LogP contribution in [0, 0.1) is 0 Å². The maximum Gasteiger partial charge on any atom is 0.323 e. The summed E-state index contributed by atoms with van der Waals surface area (Å²) in [5.41, 5.74) is 1.21. The molecular formula is C20H18ClNO4. The third-order valence-electron chi connectivity index (χ3n) is 3.46. The minimum atomic E-state index is -1.20. The molecule has 2 amide bonds. The molecule has 0 bridgehead atoms. The summed E-state index contributed by atoms with van der Waals surface area (Å²) in [6.07, 6.45) is 2.76. The molecule has 0 aliphatic carbocycles.